The smallest absolute Gasteiger partial charge is 0.247 e. The van der Waals surface area contributed by atoms with Crippen LogP contribution in [0.1, 0.15) is 0 Å². The first kappa shape index (κ1) is 14.1. The average Bonchev–Trinajstić information content (AvgIpc) is 2.06. The maximum atomic E-state index is 11.5. The molecule has 3 N–H and O–H groups in total. The van der Waals surface area contributed by atoms with Gasteiger partial charge in [-0.2, -0.15) is 0 Å². The van der Waals surface area contributed by atoms with Crippen molar-refractivity contribution in [1.29, 1.82) is 0 Å². The number of sulfonamides is 1. The molecule has 0 unspecified atom stereocenters. The van der Waals surface area contributed by atoms with E-state index in [0.717, 1.165) is 6.26 Å². The third-order valence-electron chi connectivity index (χ3n) is 1.63. The number of halogens is 1. The molecule has 0 spiro atoms. The molecule has 9 heteroatoms. The Morgan fingerprint density at radius 2 is 1.88 bits per heavy atom. The minimum Gasteiger partial charge on any atom is -0.399 e. The van der Waals surface area contributed by atoms with Crippen LogP contribution in [-0.4, -0.2) is 28.2 Å². The Labute approximate surface area is 105 Å². The minimum absolute atomic E-state index is 0.0512. The summed E-state index contributed by atoms with van der Waals surface area (Å²) in [4.78, 5) is 0. The van der Waals surface area contributed by atoms with Gasteiger partial charge in [-0.1, -0.05) is 11.6 Å². The van der Waals surface area contributed by atoms with Gasteiger partial charge in [0.05, 0.1) is 10.7 Å². The van der Waals surface area contributed by atoms with E-state index in [1.54, 1.807) is 0 Å². The first-order valence-electron chi connectivity index (χ1n) is 4.32. The lowest BCUT2D eigenvalue weighted by molar-refractivity contribution is 0.595. The summed E-state index contributed by atoms with van der Waals surface area (Å²) in [5, 5.41) is -0.873. The normalized spacial score (nSPS) is 12.4. The van der Waals surface area contributed by atoms with Crippen molar-refractivity contribution >= 4 is 42.8 Å². The van der Waals surface area contributed by atoms with E-state index in [2.05, 4.69) is 4.72 Å². The lowest BCUT2D eigenvalue weighted by Gasteiger charge is -2.09. The average molecular weight is 299 g/mol. The van der Waals surface area contributed by atoms with Crippen LogP contribution in [0.3, 0.4) is 0 Å². The Balaban J connectivity index is 3.02. The molecule has 0 aliphatic heterocycles. The van der Waals surface area contributed by atoms with Crippen LogP contribution < -0.4 is 10.5 Å². The molecule has 0 saturated carbocycles. The van der Waals surface area contributed by atoms with Gasteiger partial charge in [0, 0.05) is 11.9 Å². The fourth-order valence-corrected chi connectivity index (χ4v) is 4.32. The molecule has 0 radical (unpaired) electrons. The number of nitrogen functional groups attached to an aromatic ring is 1. The lowest BCUT2D eigenvalue weighted by Crippen LogP contribution is -2.22. The second kappa shape index (κ2) is 4.71. The van der Waals surface area contributed by atoms with Gasteiger partial charge in [-0.15, -0.1) is 0 Å². The Hall–Kier alpha value is -0.990. The third-order valence-corrected chi connectivity index (χ3v) is 5.44. The zero-order valence-electron chi connectivity index (χ0n) is 8.84. The molecule has 17 heavy (non-hydrogen) atoms. The van der Waals surface area contributed by atoms with Crippen LogP contribution in [0, 0.1) is 0 Å². The van der Waals surface area contributed by atoms with Crippen LogP contribution >= 0.6 is 11.6 Å². The van der Waals surface area contributed by atoms with Gasteiger partial charge >= 0.3 is 0 Å². The van der Waals surface area contributed by atoms with Crippen LogP contribution in [0.15, 0.2) is 18.2 Å². The molecular formula is C8H11ClN2O4S2. The quantitative estimate of drug-likeness (QED) is 0.794. The molecule has 1 aromatic rings. The highest BCUT2D eigenvalue weighted by Gasteiger charge is 2.19. The molecule has 6 nitrogen and oxygen atoms in total. The first-order chi connectivity index (χ1) is 7.59. The number of hydrogen-bond acceptors (Lipinski definition) is 5. The van der Waals surface area contributed by atoms with Gasteiger partial charge in [0.2, 0.25) is 10.0 Å². The Morgan fingerprint density at radius 3 is 2.41 bits per heavy atom. The molecule has 1 aromatic carbocycles. The monoisotopic (exact) mass is 298 g/mol. The van der Waals surface area contributed by atoms with Crippen LogP contribution in [0.2, 0.25) is 5.02 Å². The van der Waals surface area contributed by atoms with Crippen molar-refractivity contribution in [3.8, 4) is 0 Å². The summed E-state index contributed by atoms with van der Waals surface area (Å²) >= 11 is 5.74. The Kier molecular flexibility index (Phi) is 3.90. The molecular weight excluding hydrogens is 288 g/mol. The molecule has 0 fully saturated rings. The number of anilines is 2. The van der Waals surface area contributed by atoms with Gasteiger partial charge < -0.3 is 5.73 Å². The van der Waals surface area contributed by atoms with Gasteiger partial charge in [-0.3, -0.25) is 4.72 Å². The summed E-state index contributed by atoms with van der Waals surface area (Å²) in [6, 6.07) is 4.22. The van der Waals surface area contributed by atoms with Gasteiger partial charge in [-0.05, 0) is 18.2 Å². The fourth-order valence-electron chi connectivity index (χ4n) is 1.10. The highest BCUT2D eigenvalue weighted by atomic mass is 35.5. The Bertz CT molecular complexity index is 625. The summed E-state index contributed by atoms with van der Waals surface area (Å²) < 4.78 is 46.9. The standard InChI is InChI=1S/C8H11ClN2O4S2/c1-16(12,13)5-17(14,15)11-8-4-6(10)2-3-7(8)9/h2-4,11H,5,10H2,1H3. The van der Waals surface area contributed by atoms with E-state index < -0.39 is 24.9 Å². The van der Waals surface area contributed by atoms with E-state index in [9.17, 15) is 16.8 Å². The Morgan fingerprint density at radius 1 is 1.29 bits per heavy atom. The van der Waals surface area contributed by atoms with Crippen molar-refractivity contribution in [2.45, 2.75) is 0 Å². The topological polar surface area (TPSA) is 106 Å². The summed E-state index contributed by atoms with van der Waals surface area (Å²) in [5.41, 5.74) is 5.82. The minimum atomic E-state index is -4.01. The zero-order valence-corrected chi connectivity index (χ0v) is 11.2. The lowest BCUT2D eigenvalue weighted by atomic mass is 10.3. The van der Waals surface area contributed by atoms with E-state index in [0.29, 0.717) is 5.69 Å². The number of rotatable bonds is 4. The van der Waals surface area contributed by atoms with E-state index >= 15 is 0 Å². The maximum absolute atomic E-state index is 11.5. The SMILES string of the molecule is CS(=O)(=O)CS(=O)(=O)Nc1cc(N)ccc1Cl. The van der Waals surface area contributed by atoms with Crippen molar-refractivity contribution in [3.63, 3.8) is 0 Å². The highest BCUT2D eigenvalue weighted by Crippen LogP contribution is 2.25. The number of hydrogen-bond donors (Lipinski definition) is 2. The third kappa shape index (κ3) is 4.80. The maximum Gasteiger partial charge on any atom is 0.247 e. The van der Waals surface area contributed by atoms with Crippen LogP contribution in [0.5, 0.6) is 0 Å². The van der Waals surface area contributed by atoms with Crippen molar-refractivity contribution in [1.82, 2.24) is 0 Å². The first-order valence-corrected chi connectivity index (χ1v) is 8.41. The van der Waals surface area contributed by atoms with E-state index in [1.165, 1.54) is 18.2 Å². The van der Waals surface area contributed by atoms with Crippen molar-refractivity contribution in [2.75, 3.05) is 21.8 Å². The van der Waals surface area contributed by atoms with Gasteiger partial charge in [0.1, 0.15) is 0 Å². The number of benzene rings is 1. The van der Waals surface area contributed by atoms with Crippen molar-refractivity contribution in [3.05, 3.63) is 23.2 Å². The summed E-state index contributed by atoms with van der Waals surface area (Å²) in [6.07, 6.45) is 0.827. The predicted octanol–water partition coefficient (Wildman–Crippen LogP) is 0.666. The molecule has 0 amide bonds. The number of sulfone groups is 1. The molecule has 0 bridgehead atoms. The summed E-state index contributed by atoms with van der Waals surface area (Å²) in [5.74, 6) is 0. The number of nitrogens with one attached hydrogen (secondary N) is 1. The summed E-state index contributed by atoms with van der Waals surface area (Å²) in [7, 11) is -7.66. The molecule has 0 aliphatic rings. The summed E-state index contributed by atoms with van der Waals surface area (Å²) in [6.45, 7) is 0. The fraction of sp³-hybridized carbons (Fsp3) is 0.250. The molecule has 1 rings (SSSR count). The molecule has 0 heterocycles. The van der Waals surface area contributed by atoms with Crippen LogP contribution in [-0.2, 0) is 19.9 Å². The zero-order chi connectivity index (χ0) is 13.3. The van der Waals surface area contributed by atoms with Crippen molar-refractivity contribution < 1.29 is 16.8 Å². The van der Waals surface area contributed by atoms with E-state index in [4.69, 9.17) is 17.3 Å². The molecule has 96 valence electrons. The van der Waals surface area contributed by atoms with E-state index in [-0.39, 0.29) is 10.7 Å². The second-order valence-corrected chi connectivity index (χ2v) is 8.13. The van der Waals surface area contributed by atoms with Gasteiger partial charge in [0.25, 0.3) is 0 Å². The predicted molar refractivity (Wildman–Crippen MR) is 68.1 cm³/mol. The van der Waals surface area contributed by atoms with Crippen LogP contribution in [0.25, 0.3) is 0 Å². The molecule has 0 aliphatic carbocycles. The molecule has 0 atom stereocenters. The van der Waals surface area contributed by atoms with E-state index in [1.807, 2.05) is 0 Å². The largest absolute Gasteiger partial charge is 0.399 e. The van der Waals surface area contributed by atoms with Crippen LogP contribution in [0.4, 0.5) is 11.4 Å². The second-order valence-electron chi connectivity index (χ2n) is 3.50. The van der Waals surface area contributed by atoms with Gasteiger partial charge in [0.15, 0.2) is 14.9 Å². The van der Waals surface area contributed by atoms with Gasteiger partial charge in [-0.25, -0.2) is 16.8 Å². The molecule has 0 saturated heterocycles. The highest BCUT2D eigenvalue weighted by molar-refractivity contribution is 8.08. The van der Waals surface area contributed by atoms with Crippen molar-refractivity contribution in [2.24, 2.45) is 0 Å². The number of nitrogens with two attached hydrogens (primary N) is 1. The molecule has 0 aromatic heterocycles.